The summed E-state index contributed by atoms with van der Waals surface area (Å²) in [4.78, 5) is 0. The minimum atomic E-state index is 0.322. The molecule has 86 valence electrons. The highest BCUT2D eigenvalue weighted by molar-refractivity contribution is 6.30. The van der Waals surface area contributed by atoms with E-state index in [1.54, 1.807) is 0 Å². The van der Waals surface area contributed by atoms with Gasteiger partial charge in [0, 0.05) is 10.9 Å². The van der Waals surface area contributed by atoms with Crippen LogP contribution >= 0.6 is 11.6 Å². The minimum Gasteiger partial charge on any atom is -0.494 e. The third-order valence-corrected chi connectivity index (χ3v) is 2.47. The summed E-state index contributed by atoms with van der Waals surface area (Å²) in [7, 11) is 0. The Morgan fingerprint density at radius 3 is 2.81 bits per heavy atom. The van der Waals surface area contributed by atoms with Crippen LogP contribution in [0.25, 0.3) is 0 Å². The van der Waals surface area contributed by atoms with Crippen molar-refractivity contribution in [3.63, 3.8) is 0 Å². The van der Waals surface area contributed by atoms with Gasteiger partial charge in [0.15, 0.2) is 0 Å². The van der Waals surface area contributed by atoms with Crippen molar-refractivity contribution < 1.29 is 4.74 Å². The molecule has 0 heterocycles. The van der Waals surface area contributed by atoms with Crippen LogP contribution in [0.2, 0.25) is 5.02 Å². The zero-order chi connectivity index (χ0) is 12.0. The van der Waals surface area contributed by atoms with Crippen LogP contribution in [-0.4, -0.2) is 6.61 Å². The van der Waals surface area contributed by atoms with E-state index in [2.05, 4.69) is 18.8 Å². The molecule has 0 aromatic heterocycles. The molecule has 0 saturated heterocycles. The van der Waals surface area contributed by atoms with Gasteiger partial charge >= 0.3 is 0 Å². The molecule has 16 heavy (non-hydrogen) atoms. The van der Waals surface area contributed by atoms with Crippen molar-refractivity contribution in [2.45, 2.75) is 27.2 Å². The van der Waals surface area contributed by atoms with Crippen molar-refractivity contribution in [2.75, 3.05) is 6.61 Å². The molecule has 0 spiro atoms. The van der Waals surface area contributed by atoms with Crippen molar-refractivity contribution in [3.8, 4) is 17.6 Å². The van der Waals surface area contributed by atoms with E-state index in [4.69, 9.17) is 16.3 Å². The molecule has 1 atom stereocenters. The van der Waals surface area contributed by atoms with Gasteiger partial charge in [-0.2, -0.15) is 0 Å². The highest BCUT2D eigenvalue weighted by Gasteiger charge is 2.07. The molecule has 0 bridgehead atoms. The number of rotatable bonds is 4. The highest BCUT2D eigenvalue weighted by Crippen LogP contribution is 2.25. The molecule has 1 aromatic rings. The molecular weight excluding hydrogens is 220 g/mol. The average molecular weight is 237 g/mol. The molecule has 0 aliphatic rings. The zero-order valence-electron chi connectivity index (χ0n) is 10.0. The minimum absolute atomic E-state index is 0.322. The Morgan fingerprint density at radius 2 is 2.19 bits per heavy atom. The normalized spacial score (nSPS) is 11.5. The molecule has 1 nitrogen and oxygen atoms in total. The summed E-state index contributed by atoms with van der Waals surface area (Å²) < 4.78 is 5.56. The van der Waals surface area contributed by atoms with E-state index < -0.39 is 0 Å². The first kappa shape index (κ1) is 12.9. The van der Waals surface area contributed by atoms with E-state index in [9.17, 15) is 0 Å². The predicted octanol–water partition coefficient (Wildman–Crippen LogP) is 3.94. The highest BCUT2D eigenvalue weighted by atomic mass is 35.5. The van der Waals surface area contributed by atoms with Crippen LogP contribution < -0.4 is 4.74 Å². The molecule has 2 heteroatoms. The van der Waals surface area contributed by atoms with Crippen molar-refractivity contribution in [3.05, 3.63) is 28.8 Å². The van der Waals surface area contributed by atoms with E-state index in [0.29, 0.717) is 12.5 Å². The fraction of sp³-hybridized carbons (Fsp3) is 0.429. The molecule has 1 rings (SSSR count). The van der Waals surface area contributed by atoms with Crippen molar-refractivity contribution in [2.24, 2.45) is 5.92 Å². The number of benzene rings is 1. The Balaban J connectivity index is 2.89. The van der Waals surface area contributed by atoms with Gasteiger partial charge in [0.1, 0.15) is 5.75 Å². The smallest absolute Gasteiger partial charge is 0.122 e. The summed E-state index contributed by atoms with van der Waals surface area (Å²) in [6, 6.07) is 5.74. The fourth-order valence-electron chi connectivity index (χ4n) is 1.63. The SMILES string of the molecule is CC#CC(C)Cc1cc(Cl)ccc1OCC. The third-order valence-electron chi connectivity index (χ3n) is 2.24. The zero-order valence-corrected chi connectivity index (χ0v) is 10.8. The summed E-state index contributed by atoms with van der Waals surface area (Å²) in [5, 5.41) is 0.745. The second-order valence-electron chi connectivity index (χ2n) is 3.68. The van der Waals surface area contributed by atoms with E-state index >= 15 is 0 Å². The quantitative estimate of drug-likeness (QED) is 0.720. The topological polar surface area (TPSA) is 9.23 Å². The van der Waals surface area contributed by atoms with Gasteiger partial charge in [-0.05, 0) is 44.0 Å². The molecular formula is C14H17ClO. The summed E-state index contributed by atoms with van der Waals surface area (Å²) in [5.41, 5.74) is 1.13. The van der Waals surface area contributed by atoms with Gasteiger partial charge in [-0.25, -0.2) is 0 Å². The maximum Gasteiger partial charge on any atom is 0.122 e. The Morgan fingerprint density at radius 1 is 1.44 bits per heavy atom. The summed E-state index contributed by atoms with van der Waals surface area (Å²) in [6.07, 6.45) is 0.872. The molecule has 1 unspecified atom stereocenters. The van der Waals surface area contributed by atoms with Crippen molar-refractivity contribution >= 4 is 11.6 Å². The van der Waals surface area contributed by atoms with Crippen LogP contribution in [0, 0.1) is 17.8 Å². The fourth-order valence-corrected chi connectivity index (χ4v) is 1.83. The second kappa shape index (κ2) is 6.45. The lowest BCUT2D eigenvalue weighted by molar-refractivity contribution is 0.335. The van der Waals surface area contributed by atoms with E-state index in [-0.39, 0.29) is 0 Å². The van der Waals surface area contributed by atoms with Crippen LogP contribution in [0.3, 0.4) is 0 Å². The molecule has 0 N–H and O–H groups in total. The molecule has 0 aliphatic carbocycles. The van der Waals surface area contributed by atoms with E-state index in [1.807, 2.05) is 32.0 Å². The molecule has 0 amide bonds. The maximum atomic E-state index is 5.99. The van der Waals surface area contributed by atoms with Gasteiger partial charge in [0.25, 0.3) is 0 Å². The number of hydrogen-bond donors (Lipinski definition) is 0. The summed E-state index contributed by atoms with van der Waals surface area (Å²) in [5.74, 6) is 7.30. The Kier molecular flexibility index (Phi) is 5.22. The molecule has 0 radical (unpaired) electrons. The number of hydrogen-bond acceptors (Lipinski definition) is 1. The Hall–Kier alpha value is -1.13. The largest absolute Gasteiger partial charge is 0.494 e. The van der Waals surface area contributed by atoms with Crippen LogP contribution in [0.15, 0.2) is 18.2 Å². The summed E-state index contributed by atoms with van der Waals surface area (Å²) >= 11 is 5.99. The Labute approximate surface area is 103 Å². The van der Waals surface area contributed by atoms with Gasteiger partial charge in [0.05, 0.1) is 6.61 Å². The van der Waals surface area contributed by atoms with Crippen molar-refractivity contribution in [1.29, 1.82) is 0 Å². The second-order valence-corrected chi connectivity index (χ2v) is 4.12. The first-order chi connectivity index (χ1) is 7.67. The van der Waals surface area contributed by atoms with E-state index in [1.165, 1.54) is 0 Å². The first-order valence-corrected chi connectivity index (χ1v) is 5.88. The molecule has 1 aromatic carbocycles. The molecule has 0 aliphatic heterocycles. The van der Waals surface area contributed by atoms with Gasteiger partial charge in [0.2, 0.25) is 0 Å². The van der Waals surface area contributed by atoms with Gasteiger partial charge in [-0.1, -0.05) is 18.5 Å². The van der Waals surface area contributed by atoms with Crippen LogP contribution in [0.4, 0.5) is 0 Å². The summed E-state index contributed by atoms with van der Waals surface area (Å²) in [6.45, 7) is 6.61. The Bertz CT molecular complexity index is 401. The maximum absolute atomic E-state index is 5.99. The average Bonchev–Trinajstić information content (AvgIpc) is 2.22. The van der Waals surface area contributed by atoms with Crippen molar-refractivity contribution in [1.82, 2.24) is 0 Å². The first-order valence-electron chi connectivity index (χ1n) is 5.50. The van der Waals surface area contributed by atoms with Gasteiger partial charge < -0.3 is 4.74 Å². The molecule has 0 saturated carbocycles. The van der Waals surface area contributed by atoms with Gasteiger partial charge in [-0.3, -0.25) is 0 Å². The molecule has 0 fully saturated rings. The lowest BCUT2D eigenvalue weighted by Crippen LogP contribution is -2.01. The number of halogens is 1. The van der Waals surface area contributed by atoms with E-state index in [0.717, 1.165) is 22.8 Å². The third kappa shape index (κ3) is 3.79. The predicted molar refractivity (Wildman–Crippen MR) is 68.9 cm³/mol. The van der Waals surface area contributed by atoms with Crippen LogP contribution in [-0.2, 0) is 6.42 Å². The lowest BCUT2D eigenvalue weighted by atomic mass is 10.0. The lowest BCUT2D eigenvalue weighted by Gasteiger charge is -2.12. The monoisotopic (exact) mass is 236 g/mol. The standard InChI is InChI=1S/C14H17ClO/c1-4-6-11(3)9-12-10-13(15)7-8-14(12)16-5-2/h7-8,10-11H,5,9H2,1-3H3. The number of ether oxygens (including phenoxy) is 1. The van der Waals surface area contributed by atoms with Crippen LogP contribution in [0.1, 0.15) is 26.3 Å². The van der Waals surface area contributed by atoms with Gasteiger partial charge in [-0.15, -0.1) is 11.8 Å². The van der Waals surface area contributed by atoms with Crippen LogP contribution in [0.5, 0.6) is 5.75 Å².